The molecule has 0 unspecified atom stereocenters. The first-order chi connectivity index (χ1) is 13.4. The smallest absolute Gasteiger partial charge is 0.340 e. The van der Waals surface area contributed by atoms with Gasteiger partial charge in [0.1, 0.15) is 5.00 Å². The molecule has 0 aliphatic heterocycles. The van der Waals surface area contributed by atoms with Gasteiger partial charge in [-0.3, -0.25) is 4.68 Å². The summed E-state index contributed by atoms with van der Waals surface area (Å²) in [5, 5.41) is 12.4. The Hall–Kier alpha value is -2.13. The number of thiocarbonyl (C=S) groups is 1. The summed E-state index contributed by atoms with van der Waals surface area (Å²) in [6, 6.07) is 7.21. The molecule has 0 saturated heterocycles. The van der Waals surface area contributed by atoms with Gasteiger partial charge in [-0.05, 0) is 42.9 Å². The van der Waals surface area contributed by atoms with Gasteiger partial charge in [0.05, 0.1) is 41.1 Å². The zero-order chi connectivity index (χ0) is 20.3. The Balaban J connectivity index is 1.64. The van der Waals surface area contributed by atoms with Gasteiger partial charge in [-0.1, -0.05) is 29.3 Å². The average molecular weight is 455 g/mol. The number of aryl methyl sites for hydroxylation is 1. The lowest BCUT2D eigenvalue weighted by Crippen LogP contribution is -2.19. The first-order valence-electron chi connectivity index (χ1n) is 8.09. The quantitative estimate of drug-likeness (QED) is 0.407. The summed E-state index contributed by atoms with van der Waals surface area (Å²) in [6.45, 7) is 2.45. The summed E-state index contributed by atoms with van der Waals surface area (Å²) in [7, 11) is 1.35. The van der Waals surface area contributed by atoms with Crippen LogP contribution < -0.4 is 10.6 Å². The van der Waals surface area contributed by atoms with E-state index in [1.54, 1.807) is 29.1 Å². The van der Waals surface area contributed by atoms with Crippen molar-refractivity contribution in [3.8, 4) is 0 Å². The lowest BCUT2D eigenvalue weighted by atomic mass is 10.2. The van der Waals surface area contributed by atoms with Crippen LogP contribution in [0.3, 0.4) is 0 Å². The van der Waals surface area contributed by atoms with Crippen LogP contribution >= 0.6 is 46.8 Å². The number of carbonyl (C=O) groups is 1. The molecule has 0 saturated carbocycles. The van der Waals surface area contributed by atoms with Crippen LogP contribution in [-0.4, -0.2) is 28.0 Å². The van der Waals surface area contributed by atoms with Crippen molar-refractivity contribution in [3.05, 3.63) is 62.7 Å². The molecule has 1 aromatic carbocycles. The Morgan fingerprint density at radius 1 is 1.29 bits per heavy atom. The number of methoxy groups -OCH3 is 1. The molecule has 3 rings (SSSR count). The Labute approximate surface area is 181 Å². The molecule has 0 aliphatic carbocycles. The van der Waals surface area contributed by atoms with E-state index in [1.807, 2.05) is 19.2 Å². The lowest BCUT2D eigenvalue weighted by molar-refractivity contribution is 0.0602. The number of carbonyl (C=O) groups excluding carboxylic acids is 1. The molecule has 28 heavy (non-hydrogen) atoms. The maximum atomic E-state index is 11.9. The Kier molecular flexibility index (Phi) is 6.56. The minimum Gasteiger partial charge on any atom is -0.465 e. The van der Waals surface area contributed by atoms with Gasteiger partial charge in [-0.2, -0.15) is 5.10 Å². The van der Waals surface area contributed by atoms with Crippen LogP contribution in [0.1, 0.15) is 20.8 Å². The number of halogens is 2. The number of thiophene rings is 1. The van der Waals surface area contributed by atoms with Crippen molar-refractivity contribution in [1.82, 2.24) is 9.78 Å². The number of hydrogen-bond acceptors (Lipinski definition) is 5. The number of nitrogens with zero attached hydrogens (tertiary/aromatic N) is 2. The van der Waals surface area contributed by atoms with Crippen LogP contribution in [0, 0.1) is 6.92 Å². The molecule has 0 spiro atoms. The van der Waals surface area contributed by atoms with Crippen LogP contribution in [0.4, 0.5) is 10.7 Å². The minimum atomic E-state index is -0.413. The predicted octanol–water partition coefficient (Wildman–Crippen LogP) is 5.20. The first-order valence-corrected chi connectivity index (χ1v) is 10.1. The van der Waals surface area contributed by atoms with Gasteiger partial charge in [0.25, 0.3) is 0 Å². The van der Waals surface area contributed by atoms with E-state index in [9.17, 15) is 4.79 Å². The molecule has 10 heteroatoms. The van der Waals surface area contributed by atoms with Crippen molar-refractivity contribution in [2.75, 3.05) is 17.7 Å². The van der Waals surface area contributed by atoms with Crippen molar-refractivity contribution in [2.24, 2.45) is 0 Å². The van der Waals surface area contributed by atoms with Gasteiger partial charge in [0.15, 0.2) is 5.11 Å². The highest BCUT2D eigenvalue weighted by Crippen LogP contribution is 2.28. The summed E-state index contributed by atoms with van der Waals surface area (Å²) < 4.78 is 6.55. The standard InChI is InChI=1S/C18H16Cl2N4O2S2/c1-10-5-13(17(25)26-2)16(28-10)23-18(27)22-12-7-21-24(9-12)8-11-3-4-14(19)15(20)6-11/h3-7,9H,8H2,1-2H3,(H2,22,23,27). The summed E-state index contributed by atoms with van der Waals surface area (Å²) in [5.41, 5.74) is 2.14. The second-order valence-electron chi connectivity index (χ2n) is 5.85. The number of esters is 1. The summed E-state index contributed by atoms with van der Waals surface area (Å²) in [5.74, 6) is -0.413. The first kappa shape index (κ1) is 20.6. The van der Waals surface area contributed by atoms with Gasteiger partial charge in [0, 0.05) is 11.1 Å². The van der Waals surface area contributed by atoms with Gasteiger partial charge in [-0.15, -0.1) is 11.3 Å². The molecule has 0 amide bonds. The van der Waals surface area contributed by atoms with Gasteiger partial charge in [-0.25, -0.2) is 4.79 Å². The van der Waals surface area contributed by atoms with Crippen LogP contribution in [0.2, 0.25) is 10.0 Å². The monoisotopic (exact) mass is 454 g/mol. The van der Waals surface area contributed by atoms with Crippen molar-refractivity contribution < 1.29 is 9.53 Å². The van der Waals surface area contributed by atoms with Crippen LogP contribution in [0.25, 0.3) is 0 Å². The highest BCUT2D eigenvalue weighted by Gasteiger charge is 2.16. The molecule has 0 aliphatic rings. The number of ether oxygens (including phenoxy) is 1. The average Bonchev–Trinajstić information content (AvgIpc) is 3.23. The largest absolute Gasteiger partial charge is 0.465 e. The van der Waals surface area contributed by atoms with Crippen molar-refractivity contribution in [3.63, 3.8) is 0 Å². The van der Waals surface area contributed by atoms with E-state index < -0.39 is 5.97 Å². The number of anilines is 2. The maximum absolute atomic E-state index is 11.9. The number of hydrogen-bond donors (Lipinski definition) is 2. The predicted molar refractivity (Wildman–Crippen MR) is 118 cm³/mol. The fraction of sp³-hybridized carbons (Fsp3) is 0.167. The zero-order valence-electron chi connectivity index (χ0n) is 15.0. The van der Waals surface area contributed by atoms with Gasteiger partial charge < -0.3 is 15.4 Å². The maximum Gasteiger partial charge on any atom is 0.340 e. The Morgan fingerprint density at radius 2 is 2.07 bits per heavy atom. The third-order valence-electron chi connectivity index (χ3n) is 3.71. The fourth-order valence-corrected chi connectivity index (χ4v) is 3.98. The Bertz CT molecular complexity index is 1030. The second kappa shape index (κ2) is 8.91. The SMILES string of the molecule is COC(=O)c1cc(C)sc1NC(=S)Nc1cnn(Cc2ccc(Cl)c(Cl)c2)c1. The third-order valence-corrected chi connectivity index (χ3v) is 5.62. The highest BCUT2D eigenvalue weighted by atomic mass is 35.5. The highest BCUT2D eigenvalue weighted by molar-refractivity contribution is 7.80. The van der Waals surface area contributed by atoms with E-state index in [0.29, 0.717) is 38.0 Å². The molecule has 3 aromatic rings. The number of nitrogens with one attached hydrogen (secondary N) is 2. The molecule has 2 heterocycles. The zero-order valence-corrected chi connectivity index (χ0v) is 18.1. The second-order valence-corrected chi connectivity index (χ2v) is 8.32. The fourth-order valence-electron chi connectivity index (χ4n) is 2.47. The van der Waals surface area contributed by atoms with Crippen LogP contribution in [-0.2, 0) is 11.3 Å². The van der Waals surface area contributed by atoms with Crippen LogP contribution in [0.15, 0.2) is 36.7 Å². The molecule has 146 valence electrons. The molecular weight excluding hydrogens is 439 g/mol. The molecule has 0 atom stereocenters. The lowest BCUT2D eigenvalue weighted by Gasteiger charge is -2.08. The van der Waals surface area contributed by atoms with Crippen molar-refractivity contribution >= 4 is 68.5 Å². The van der Waals surface area contributed by atoms with E-state index >= 15 is 0 Å². The third kappa shape index (κ3) is 5.02. The Morgan fingerprint density at radius 3 is 2.79 bits per heavy atom. The van der Waals surface area contributed by atoms with E-state index in [2.05, 4.69) is 15.7 Å². The van der Waals surface area contributed by atoms with Gasteiger partial charge in [0.2, 0.25) is 0 Å². The minimum absolute atomic E-state index is 0.348. The number of rotatable bonds is 5. The van der Waals surface area contributed by atoms with Gasteiger partial charge >= 0.3 is 5.97 Å². The van der Waals surface area contributed by atoms with Crippen molar-refractivity contribution in [1.29, 1.82) is 0 Å². The van der Waals surface area contributed by atoms with E-state index in [-0.39, 0.29) is 0 Å². The molecule has 2 aromatic heterocycles. The molecule has 2 N–H and O–H groups in total. The van der Waals surface area contributed by atoms with Crippen molar-refractivity contribution in [2.45, 2.75) is 13.5 Å². The summed E-state index contributed by atoms with van der Waals surface area (Å²) in [6.07, 6.45) is 3.48. The molecule has 0 bridgehead atoms. The molecule has 0 radical (unpaired) electrons. The molecule has 6 nitrogen and oxygen atoms in total. The van der Waals surface area contributed by atoms with E-state index in [0.717, 1.165) is 10.4 Å². The normalized spacial score (nSPS) is 10.6. The van der Waals surface area contributed by atoms with Crippen LogP contribution in [0.5, 0.6) is 0 Å². The van der Waals surface area contributed by atoms with E-state index in [1.165, 1.54) is 18.4 Å². The van der Waals surface area contributed by atoms with E-state index in [4.69, 9.17) is 40.2 Å². The summed E-state index contributed by atoms with van der Waals surface area (Å²) >= 11 is 18.8. The molecular formula is C18H16Cl2N4O2S2. The summed E-state index contributed by atoms with van der Waals surface area (Å²) in [4.78, 5) is 12.8. The molecule has 0 fully saturated rings. The topological polar surface area (TPSA) is 68.2 Å². The number of benzene rings is 1. The number of aromatic nitrogens is 2.